The fourth-order valence-corrected chi connectivity index (χ4v) is 1.96. The molecule has 0 heterocycles. The third kappa shape index (κ3) is 8.85. The van der Waals surface area contributed by atoms with Crippen LogP contribution in [0.3, 0.4) is 0 Å². The van der Waals surface area contributed by atoms with Crippen LogP contribution in [0.4, 0.5) is 0 Å². The summed E-state index contributed by atoms with van der Waals surface area (Å²) >= 11 is -1.75. The van der Waals surface area contributed by atoms with E-state index in [-0.39, 0.29) is 11.7 Å². The van der Waals surface area contributed by atoms with Crippen molar-refractivity contribution in [3.63, 3.8) is 0 Å². The third-order valence-corrected chi connectivity index (χ3v) is 2.83. The minimum Gasteiger partial charge on any atom is -0.460 e. The molecule has 0 fully saturated rings. The van der Waals surface area contributed by atoms with Gasteiger partial charge in [0.25, 0.3) is 0 Å². The van der Waals surface area contributed by atoms with Crippen molar-refractivity contribution in [2.75, 3.05) is 5.75 Å². The van der Waals surface area contributed by atoms with Gasteiger partial charge in [0.1, 0.15) is 5.60 Å². The standard InChI is InChI=1S/C11H22O4S/c1-4-8-11(2,3)15-10(12)7-5-6-9-16(13)14/h4-9H2,1-3H3,(H,13,14). The lowest BCUT2D eigenvalue weighted by molar-refractivity contribution is -0.157. The van der Waals surface area contributed by atoms with Crippen LogP contribution in [-0.2, 0) is 20.6 Å². The van der Waals surface area contributed by atoms with Gasteiger partial charge >= 0.3 is 5.97 Å². The second kappa shape index (κ2) is 7.79. The highest BCUT2D eigenvalue weighted by Crippen LogP contribution is 2.17. The van der Waals surface area contributed by atoms with Crippen molar-refractivity contribution in [1.29, 1.82) is 0 Å². The molecule has 1 atom stereocenters. The first-order valence-electron chi connectivity index (χ1n) is 5.66. The zero-order chi connectivity index (χ0) is 12.6. The molecule has 0 saturated carbocycles. The second-order valence-electron chi connectivity index (χ2n) is 4.47. The van der Waals surface area contributed by atoms with Crippen molar-refractivity contribution in [1.82, 2.24) is 0 Å². The van der Waals surface area contributed by atoms with Gasteiger partial charge in [-0.1, -0.05) is 13.3 Å². The summed E-state index contributed by atoms with van der Waals surface area (Å²) in [6.45, 7) is 5.85. The lowest BCUT2D eigenvalue weighted by atomic mass is 10.0. The maximum absolute atomic E-state index is 11.4. The Labute approximate surface area is 100 Å². The Morgan fingerprint density at radius 1 is 1.38 bits per heavy atom. The summed E-state index contributed by atoms with van der Waals surface area (Å²) < 4.78 is 24.2. The Morgan fingerprint density at radius 2 is 2.00 bits per heavy atom. The summed E-state index contributed by atoms with van der Waals surface area (Å²) in [6.07, 6.45) is 3.33. The summed E-state index contributed by atoms with van der Waals surface area (Å²) in [5, 5.41) is 0. The van der Waals surface area contributed by atoms with Crippen molar-refractivity contribution < 1.29 is 18.3 Å². The molecule has 1 unspecified atom stereocenters. The summed E-state index contributed by atoms with van der Waals surface area (Å²) in [4.78, 5) is 11.4. The fourth-order valence-electron chi connectivity index (χ4n) is 1.51. The number of rotatable bonds is 8. The van der Waals surface area contributed by atoms with Crippen molar-refractivity contribution >= 4 is 17.0 Å². The molecule has 0 radical (unpaired) electrons. The predicted molar refractivity (Wildman–Crippen MR) is 64.6 cm³/mol. The normalized spacial score (nSPS) is 13.5. The predicted octanol–water partition coefficient (Wildman–Crippen LogP) is 2.50. The number of hydrogen-bond acceptors (Lipinski definition) is 3. The first-order valence-corrected chi connectivity index (χ1v) is 6.94. The number of ether oxygens (including phenoxy) is 1. The molecule has 0 aliphatic heterocycles. The Hall–Kier alpha value is -0.420. The smallest absolute Gasteiger partial charge is 0.306 e. The highest BCUT2D eigenvalue weighted by atomic mass is 32.2. The van der Waals surface area contributed by atoms with Crippen molar-refractivity contribution in [2.45, 2.75) is 58.5 Å². The molecule has 0 aromatic carbocycles. The van der Waals surface area contributed by atoms with E-state index in [0.29, 0.717) is 19.3 Å². The van der Waals surface area contributed by atoms with Gasteiger partial charge in [-0.3, -0.25) is 4.79 Å². The Morgan fingerprint density at radius 3 is 2.50 bits per heavy atom. The van der Waals surface area contributed by atoms with E-state index in [1.165, 1.54) is 0 Å². The van der Waals surface area contributed by atoms with Gasteiger partial charge < -0.3 is 9.29 Å². The van der Waals surface area contributed by atoms with Gasteiger partial charge in [0.05, 0.1) is 0 Å². The molecule has 16 heavy (non-hydrogen) atoms. The molecule has 0 rings (SSSR count). The highest BCUT2D eigenvalue weighted by Gasteiger charge is 2.21. The lowest BCUT2D eigenvalue weighted by Gasteiger charge is -2.24. The molecule has 0 aliphatic rings. The third-order valence-electron chi connectivity index (χ3n) is 2.19. The van der Waals surface area contributed by atoms with Gasteiger partial charge in [0.15, 0.2) is 11.1 Å². The molecular weight excluding hydrogens is 228 g/mol. The molecular formula is C11H22O4S. The van der Waals surface area contributed by atoms with Crippen LogP contribution in [0.1, 0.15) is 52.9 Å². The fraction of sp³-hybridized carbons (Fsp3) is 0.909. The summed E-state index contributed by atoms with van der Waals surface area (Å²) in [6, 6.07) is 0. The molecule has 0 amide bonds. The maximum atomic E-state index is 11.4. The number of hydrogen-bond donors (Lipinski definition) is 1. The SMILES string of the molecule is CCCC(C)(C)OC(=O)CCCCS(=O)O. The molecule has 0 bridgehead atoms. The van der Waals surface area contributed by atoms with E-state index in [1.807, 2.05) is 20.8 Å². The highest BCUT2D eigenvalue weighted by molar-refractivity contribution is 7.79. The van der Waals surface area contributed by atoms with Gasteiger partial charge in [0, 0.05) is 12.2 Å². The molecule has 96 valence electrons. The van der Waals surface area contributed by atoms with Crippen LogP contribution in [0.5, 0.6) is 0 Å². The van der Waals surface area contributed by atoms with E-state index < -0.39 is 16.7 Å². The monoisotopic (exact) mass is 250 g/mol. The average Bonchev–Trinajstić information content (AvgIpc) is 2.11. The molecule has 0 aliphatic carbocycles. The summed E-state index contributed by atoms with van der Waals surface area (Å²) in [5.41, 5.74) is -0.397. The van der Waals surface area contributed by atoms with Crippen LogP contribution in [-0.4, -0.2) is 26.1 Å². The van der Waals surface area contributed by atoms with Crippen LogP contribution in [0, 0.1) is 0 Å². The van der Waals surface area contributed by atoms with E-state index in [0.717, 1.165) is 12.8 Å². The quantitative estimate of drug-likeness (QED) is 0.408. The lowest BCUT2D eigenvalue weighted by Crippen LogP contribution is -2.27. The first kappa shape index (κ1) is 15.6. The van der Waals surface area contributed by atoms with Crippen LogP contribution < -0.4 is 0 Å². The molecule has 0 aromatic heterocycles. The largest absolute Gasteiger partial charge is 0.460 e. The van der Waals surface area contributed by atoms with Gasteiger partial charge in [-0.15, -0.1) is 0 Å². The molecule has 5 heteroatoms. The summed E-state index contributed by atoms with van der Waals surface area (Å²) in [5.74, 6) is 0.00760. The van der Waals surface area contributed by atoms with Crippen LogP contribution in [0.25, 0.3) is 0 Å². The molecule has 0 aromatic rings. The van der Waals surface area contributed by atoms with Crippen LogP contribution in [0.15, 0.2) is 0 Å². The Balaban J connectivity index is 3.69. The molecule has 0 saturated heterocycles. The zero-order valence-electron chi connectivity index (χ0n) is 10.3. The van der Waals surface area contributed by atoms with Crippen molar-refractivity contribution in [2.24, 2.45) is 0 Å². The van der Waals surface area contributed by atoms with Gasteiger partial charge in [-0.25, -0.2) is 4.21 Å². The van der Waals surface area contributed by atoms with E-state index >= 15 is 0 Å². The van der Waals surface area contributed by atoms with E-state index in [2.05, 4.69) is 0 Å². The summed E-state index contributed by atoms with van der Waals surface area (Å²) in [7, 11) is 0. The maximum Gasteiger partial charge on any atom is 0.306 e. The second-order valence-corrected chi connectivity index (χ2v) is 5.52. The van der Waals surface area contributed by atoms with E-state index in [9.17, 15) is 9.00 Å². The topological polar surface area (TPSA) is 63.6 Å². The zero-order valence-corrected chi connectivity index (χ0v) is 11.1. The van der Waals surface area contributed by atoms with E-state index in [1.54, 1.807) is 0 Å². The van der Waals surface area contributed by atoms with Gasteiger partial charge in [-0.05, 0) is 33.1 Å². The van der Waals surface area contributed by atoms with Crippen LogP contribution in [0.2, 0.25) is 0 Å². The Kier molecular flexibility index (Phi) is 7.58. The molecule has 1 N–H and O–H groups in total. The van der Waals surface area contributed by atoms with Gasteiger partial charge in [0.2, 0.25) is 0 Å². The van der Waals surface area contributed by atoms with E-state index in [4.69, 9.17) is 9.29 Å². The van der Waals surface area contributed by atoms with Crippen molar-refractivity contribution in [3.8, 4) is 0 Å². The minimum atomic E-state index is -1.75. The molecule has 4 nitrogen and oxygen atoms in total. The first-order chi connectivity index (χ1) is 7.37. The number of carbonyl (C=O) groups excluding carboxylic acids is 1. The van der Waals surface area contributed by atoms with Crippen molar-refractivity contribution in [3.05, 3.63) is 0 Å². The number of esters is 1. The average molecular weight is 250 g/mol. The van der Waals surface area contributed by atoms with Gasteiger partial charge in [-0.2, -0.15) is 0 Å². The molecule has 0 spiro atoms. The Bertz CT molecular complexity index is 238. The number of carbonyl (C=O) groups is 1. The minimum absolute atomic E-state index is 0.220. The van der Waals surface area contributed by atoms with Crippen LogP contribution >= 0.6 is 0 Å². The number of unbranched alkanes of at least 4 members (excludes halogenated alkanes) is 1.